The normalized spacial score (nSPS) is 11.4. The van der Waals surface area contributed by atoms with Crippen LogP contribution in [0.2, 0.25) is 0 Å². The summed E-state index contributed by atoms with van der Waals surface area (Å²) in [5.74, 6) is -0.0777. The van der Waals surface area contributed by atoms with Gasteiger partial charge >= 0.3 is 0 Å². The topological polar surface area (TPSA) is 61.4 Å². The molecule has 0 fully saturated rings. The lowest BCUT2D eigenvalue weighted by atomic mass is 9.97. The summed E-state index contributed by atoms with van der Waals surface area (Å²) in [7, 11) is 0. The Bertz CT molecular complexity index is 414. The number of rotatable bonds is 7. The Kier molecular flexibility index (Phi) is 5.99. The summed E-state index contributed by atoms with van der Waals surface area (Å²) in [4.78, 5) is 11.1. The molecule has 1 aromatic carbocycles. The highest BCUT2D eigenvalue weighted by Gasteiger charge is 2.21. The van der Waals surface area contributed by atoms with Gasteiger partial charge in [0.1, 0.15) is 0 Å². The maximum Gasteiger partial charge on any atom is 0.221 e. The molecular formula is C15H24N2O2. The Hall–Kier alpha value is -1.39. The van der Waals surface area contributed by atoms with Gasteiger partial charge in [0, 0.05) is 25.7 Å². The molecule has 4 heteroatoms. The third kappa shape index (κ3) is 5.01. The van der Waals surface area contributed by atoms with E-state index in [1.165, 1.54) is 6.92 Å². The van der Waals surface area contributed by atoms with Gasteiger partial charge in [0.15, 0.2) is 0 Å². The van der Waals surface area contributed by atoms with Crippen LogP contribution in [0.3, 0.4) is 0 Å². The SMILES string of the molecule is CCC(O)(CC)CNCc1ccccc1NC(C)=O. The van der Waals surface area contributed by atoms with Crippen LogP contribution in [0.5, 0.6) is 0 Å². The molecule has 106 valence electrons. The zero-order chi connectivity index (χ0) is 14.3. The molecule has 0 heterocycles. The minimum absolute atomic E-state index is 0.0777. The predicted molar refractivity (Wildman–Crippen MR) is 78.0 cm³/mol. The van der Waals surface area contributed by atoms with Crippen molar-refractivity contribution in [3.8, 4) is 0 Å². The van der Waals surface area contributed by atoms with Gasteiger partial charge in [0.05, 0.1) is 5.60 Å². The van der Waals surface area contributed by atoms with Crippen LogP contribution < -0.4 is 10.6 Å². The van der Waals surface area contributed by atoms with Crippen LogP contribution in [0.1, 0.15) is 39.2 Å². The smallest absolute Gasteiger partial charge is 0.221 e. The van der Waals surface area contributed by atoms with Gasteiger partial charge in [-0.05, 0) is 24.5 Å². The lowest BCUT2D eigenvalue weighted by Gasteiger charge is -2.25. The highest BCUT2D eigenvalue weighted by atomic mass is 16.3. The Morgan fingerprint density at radius 2 is 1.89 bits per heavy atom. The molecule has 0 saturated carbocycles. The third-order valence-corrected chi connectivity index (χ3v) is 3.41. The van der Waals surface area contributed by atoms with Crippen LogP contribution in [0, 0.1) is 0 Å². The number of nitrogens with one attached hydrogen (secondary N) is 2. The lowest BCUT2D eigenvalue weighted by Crippen LogP contribution is -2.39. The second-order valence-corrected chi connectivity index (χ2v) is 4.87. The van der Waals surface area contributed by atoms with Gasteiger partial charge in [0.2, 0.25) is 5.91 Å². The monoisotopic (exact) mass is 264 g/mol. The van der Waals surface area contributed by atoms with Crippen molar-refractivity contribution in [3.05, 3.63) is 29.8 Å². The number of carbonyl (C=O) groups excluding carboxylic acids is 1. The average molecular weight is 264 g/mol. The molecule has 0 unspecified atom stereocenters. The highest BCUT2D eigenvalue weighted by Crippen LogP contribution is 2.16. The van der Waals surface area contributed by atoms with Crippen LogP contribution in [0.25, 0.3) is 0 Å². The van der Waals surface area contributed by atoms with E-state index >= 15 is 0 Å². The molecule has 0 aliphatic heterocycles. The predicted octanol–water partition coefficient (Wildman–Crippen LogP) is 2.29. The minimum atomic E-state index is -0.650. The first kappa shape index (κ1) is 15.7. The van der Waals surface area contributed by atoms with Gasteiger partial charge in [-0.15, -0.1) is 0 Å². The number of aliphatic hydroxyl groups is 1. The maximum atomic E-state index is 11.1. The molecule has 0 atom stereocenters. The molecule has 4 nitrogen and oxygen atoms in total. The molecule has 0 aliphatic carbocycles. The van der Waals surface area contributed by atoms with Crippen LogP contribution in [-0.2, 0) is 11.3 Å². The molecule has 3 N–H and O–H groups in total. The summed E-state index contributed by atoms with van der Waals surface area (Å²) in [6.07, 6.45) is 1.45. The van der Waals surface area contributed by atoms with Crippen LogP contribution in [0.4, 0.5) is 5.69 Å². The van der Waals surface area contributed by atoms with Crippen LogP contribution in [-0.4, -0.2) is 23.2 Å². The fourth-order valence-corrected chi connectivity index (χ4v) is 1.92. The van der Waals surface area contributed by atoms with E-state index in [1.807, 2.05) is 38.1 Å². The van der Waals surface area contributed by atoms with E-state index in [0.717, 1.165) is 24.1 Å². The molecule has 1 rings (SSSR count). The van der Waals surface area contributed by atoms with Crippen molar-refractivity contribution < 1.29 is 9.90 Å². The van der Waals surface area contributed by atoms with E-state index in [1.54, 1.807) is 0 Å². The fourth-order valence-electron chi connectivity index (χ4n) is 1.92. The standard InChI is InChI=1S/C15H24N2O2/c1-4-15(19,5-2)11-16-10-13-8-6-7-9-14(13)17-12(3)18/h6-9,16,19H,4-5,10-11H2,1-3H3,(H,17,18). The van der Waals surface area contributed by atoms with Gasteiger partial charge in [-0.3, -0.25) is 4.79 Å². The number of benzene rings is 1. The number of anilines is 1. The summed E-state index contributed by atoms with van der Waals surface area (Å²) < 4.78 is 0. The fraction of sp³-hybridized carbons (Fsp3) is 0.533. The molecule has 0 spiro atoms. The van der Waals surface area contributed by atoms with E-state index in [0.29, 0.717) is 13.1 Å². The average Bonchev–Trinajstić information content (AvgIpc) is 2.40. The molecule has 0 bridgehead atoms. The first-order valence-electron chi connectivity index (χ1n) is 6.79. The van der Waals surface area contributed by atoms with Crippen molar-refractivity contribution in [2.24, 2.45) is 0 Å². The van der Waals surface area contributed by atoms with Crippen molar-refractivity contribution in [3.63, 3.8) is 0 Å². The number of hydrogen-bond acceptors (Lipinski definition) is 3. The molecular weight excluding hydrogens is 240 g/mol. The van der Waals surface area contributed by atoms with E-state index in [4.69, 9.17) is 0 Å². The van der Waals surface area contributed by atoms with Gasteiger partial charge < -0.3 is 15.7 Å². The Morgan fingerprint density at radius 3 is 2.47 bits per heavy atom. The number of hydrogen-bond donors (Lipinski definition) is 3. The third-order valence-electron chi connectivity index (χ3n) is 3.41. The molecule has 19 heavy (non-hydrogen) atoms. The second-order valence-electron chi connectivity index (χ2n) is 4.87. The minimum Gasteiger partial charge on any atom is -0.389 e. The first-order valence-corrected chi connectivity index (χ1v) is 6.79. The van der Waals surface area contributed by atoms with Gasteiger partial charge in [-0.25, -0.2) is 0 Å². The van der Waals surface area contributed by atoms with Crippen molar-refractivity contribution in [2.75, 3.05) is 11.9 Å². The van der Waals surface area contributed by atoms with Gasteiger partial charge in [-0.2, -0.15) is 0 Å². The van der Waals surface area contributed by atoms with E-state index < -0.39 is 5.60 Å². The first-order chi connectivity index (χ1) is 9.00. The largest absolute Gasteiger partial charge is 0.389 e. The number of para-hydroxylation sites is 1. The summed E-state index contributed by atoms with van der Waals surface area (Å²) >= 11 is 0. The van der Waals surface area contributed by atoms with Crippen molar-refractivity contribution >= 4 is 11.6 Å². The van der Waals surface area contributed by atoms with Crippen molar-refractivity contribution in [1.29, 1.82) is 0 Å². The van der Waals surface area contributed by atoms with Gasteiger partial charge in [-0.1, -0.05) is 32.0 Å². The summed E-state index contributed by atoms with van der Waals surface area (Å²) in [6.45, 7) is 6.64. The highest BCUT2D eigenvalue weighted by molar-refractivity contribution is 5.89. The molecule has 0 radical (unpaired) electrons. The summed E-state index contributed by atoms with van der Waals surface area (Å²) in [5.41, 5.74) is 1.19. The van der Waals surface area contributed by atoms with Crippen molar-refractivity contribution in [1.82, 2.24) is 5.32 Å². The van der Waals surface area contributed by atoms with Crippen LogP contribution in [0.15, 0.2) is 24.3 Å². The lowest BCUT2D eigenvalue weighted by molar-refractivity contribution is -0.114. The van der Waals surface area contributed by atoms with Crippen molar-refractivity contribution in [2.45, 2.75) is 45.8 Å². The Morgan fingerprint density at radius 1 is 1.26 bits per heavy atom. The molecule has 1 amide bonds. The summed E-state index contributed by atoms with van der Waals surface area (Å²) in [6, 6.07) is 7.68. The summed E-state index contributed by atoms with van der Waals surface area (Å²) in [5, 5.41) is 16.3. The maximum absolute atomic E-state index is 11.1. The van der Waals surface area contributed by atoms with E-state index in [-0.39, 0.29) is 5.91 Å². The van der Waals surface area contributed by atoms with Gasteiger partial charge in [0.25, 0.3) is 0 Å². The number of amides is 1. The zero-order valence-electron chi connectivity index (χ0n) is 12.0. The molecule has 1 aromatic rings. The quantitative estimate of drug-likeness (QED) is 0.708. The molecule has 0 aliphatic rings. The molecule has 0 aromatic heterocycles. The van der Waals surface area contributed by atoms with E-state index in [9.17, 15) is 9.90 Å². The Balaban J connectivity index is 2.60. The zero-order valence-corrected chi connectivity index (χ0v) is 12.0. The Labute approximate surface area is 115 Å². The number of carbonyl (C=O) groups is 1. The second kappa shape index (κ2) is 7.26. The van der Waals surface area contributed by atoms with E-state index in [2.05, 4.69) is 10.6 Å². The molecule has 0 saturated heterocycles. The van der Waals surface area contributed by atoms with Crippen LogP contribution >= 0.6 is 0 Å².